The minimum Gasteiger partial charge on any atom is -0.490 e. The molecule has 1 aromatic rings. The molecule has 0 bridgehead atoms. The van der Waals surface area contributed by atoms with E-state index in [1.54, 1.807) is 0 Å². The molecular formula is C13H15BrO3. The Morgan fingerprint density at radius 1 is 1.29 bits per heavy atom. The molecule has 0 heterocycles. The predicted molar refractivity (Wildman–Crippen MR) is 68.2 cm³/mol. The van der Waals surface area contributed by atoms with Crippen LogP contribution in [0.25, 0.3) is 0 Å². The Balaban J connectivity index is 1.88. The summed E-state index contributed by atoms with van der Waals surface area (Å²) in [7, 11) is 0. The summed E-state index contributed by atoms with van der Waals surface area (Å²) in [5.74, 6) is -0.0126. The number of carboxylic acids is 1. The first-order valence-electron chi connectivity index (χ1n) is 5.80. The molecule has 1 aliphatic rings. The smallest absolute Gasteiger partial charge is 0.306 e. The maximum atomic E-state index is 10.8. The van der Waals surface area contributed by atoms with Gasteiger partial charge in [-0.1, -0.05) is 22.0 Å². The van der Waals surface area contributed by atoms with Crippen LogP contribution >= 0.6 is 15.9 Å². The maximum Gasteiger partial charge on any atom is 0.306 e. The maximum absolute atomic E-state index is 10.8. The predicted octanol–water partition coefficient (Wildman–Crippen LogP) is 3.47. The Morgan fingerprint density at radius 3 is 2.59 bits per heavy atom. The van der Waals surface area contributed by atoms with Crippen LogP contribution in [0.3, 0.4) is 0 Å². The molecule has 0 saturated heterocycles. The van der Waals surface area contributed by atoms with Crippen LogP contribution in [0.4, 0.5) is 0 Å². The zero-order valence-electron chi connectivity index (χ0n) is 9.43. The molecule has 3 nitrogen and oxygen atoms in total. The monoisotopic (exact) mass is 298 g/mol. The number of rotatable bonds is 3. The third-order valence-electron chi connectivity index (χ3n) is 3.12. The van der Waals surface area contributed by atoms with E-state index in [1.165, 1.54) is 0 Å². The van der Waals surface area contributed by atoms with Crippen molar-refractivity contribution in [2.75, 3.05) is 0 Å². The van der Waals surface area contributed by atoms with Gasteiger partial charge >= 0.3 is 5.97 Å². The molecule has 17 heavy (non-hydrogen) atoms. The van der Waals surface area contributed by atoms with Crippen molar-refractivity contribution in [3.05, 3.63) is 28.7 Å². The van der Waals surface area contributed by atoms with Gasteiger partial charge < -0.3 is 9.84 Å². The van der Waals surface area contributed by atoms with Crippen molar-refractivity contribution in [2.24, 2.45) is 5.92 Å². The van der Waals surface area contributed by atoms with E-state index in [1.807, 2.05) is 24.3 Å². The fourth-order valence-electron chi connectivity index (χ4n) is 2.16. The molecular weight excluding hydrogens is 284 g/mol. The summed E-state index contributed by atoms with van der Waals surface area (Å²) >= 11 is 3.40. The average molecular weight is 299 g/mol. The number of halogens is 1. The number of hydrogen-bond acceptors (Lipinski definition) is 2. The topological polar surface area (TPSA) is 46.5 Å². The summed E-state index contributed by atoms with van der Waals surface area (Å²) in [5, 5.41) is 8.90. The quantitative estimate of drug-likeness (QED) is 0.929. The van der Waals surface area contributed by atoms with Crippen LogP contribution in [-0.2, 0) is 4.79 Å². The SMILES string of the molecule is O=C(O)[C@H]1CC[C@H](Oc2cccc(Br)c2)CC1. The molecule has 1 fully saturated rings. The van der Waals surface area contributed by atoms with E-state index >= 15 is 0 Å². The second kappa shape index (κ2) is 5.54. The van der Waals surface area contributed by atoms with Gasteiger partial charge in [0.25, 0.3) is 0 Å². The lowest BCUT2D eigenvalue weighted by Gasteiger charge is -2.26. The Hall–Kier alpha value is -1.03. The number of ether oxygens (including phenoxy) is 1. The molecule has 1 aromatic carbocycles. The van der Waals surface area contributed by atoms with Gasteiger partial charge in [-0.25, -0.2) is 0 Å². The molecule has 0 amide bonds. The van der Waals surface area contributed by atoms with E-state index in [-0.39, 0.29) is 12.0 Å². The third-order valence-corrected chi connectivity index (χ3v) is 3.62. The Morgan fingerprint density at radius 2 is 2.00 bits per heavy atom. The first-order chi connectivity index (χ1) is 8.15. The Bertz CT molecular complexity index is 397. The van der Waals surface area contributed by atoms with Gasteiger partial charge in [0.2, 0.25) is 0 Å². The second-order valence-corrected chi connectivity index (χ2v) is 5.30. The van der Waals surface area contributed by atoms with Crippen LogP contribution in [-0.4, -0.2) is 17.2 Å². The van der Waals surface area contributed by atoms with Gasteiger partial charge in [-0.2, -0.15) is 0 Å². The van der Waals surface area contributed by atoms with Gasteiger partial charge in [-0.15, -0.1) is 0 Å². The normalized spacial score (nSPS) is 24.3. The lowest BCUT2D eigenvalue weighted by molar-refractivity contribution is -0.143. The molecule has 0 unspecified atom stereocenters. The van der Waals surface area contributed by atoms with Crippen LogP contribution in [0.15, 0.2) is 28.7 Å². The minimum absolute atomic E-state index is 0.153. The highest BCUT2D eigenvalue weighted by atomic mass is 79.9. The van der Waals surface area contributed by atoms with Crippen LogP contribution in [0.1, 0.15) is 25.7 Å². The lowest BCUT2D eigenvalue weighted by atomic mass is 9.87. The molecule has 1 saturated carbocycles. The molecule has 2 rings (SSSR count). The second-order valence-electron chi connectivity index (χ2n) is 4.39. The summed E-state index contributed by atoms with van der Waals surface area (Å²) < 4.78 is 6.84. The van der Waals surface area contributed by atoms with E-state index in [0.29, 0.717) is 12.8 Å². The highest BCUT2D eigenvalue weighted by molar-refractivity contribution is 9.10. The molecule has 0 aromatic heterocycles. The van der Waals surface area contributed by atoms with Crippen molar-refractivity contribution in [3.63, 3.8) is 0 Å². The molecule has 0 spiro atoms. The van der Waals surface area contributed by atoms with E-state index < -0.39 is 5.97 Å². The van der Waals surface area contributed by atoms with E-state index in [2.05, 4.69) is 15.9 Å². The summed E-state index contributed by atoms with van der Waals surface area (Å²) in [6.45, 7) is 0. The van der Waals surface area contributed by atoms with Gasteiger partial charge in [-0.05, 0) is 43.9 Å². The van der Waals surface area contributed by atoms with Crippen molar-refractivity contribution >= 4 is 21.9 Å². The van der Waals surface area contributed by atoms with Gasteiger partial charge in [0.15, 0.2) is 0 Å². The summed E-state index contributed by atoms with van der Waals surface area (Å²) in [6, 6.07) is 7.74. The van der Waals surface area contributed by atoms with Crippen LogP contribution in [0.2, 0.25) is 0 Å². The van der Waals surface area contributed by atoms with E-state index in [4.69, 9.17) is 9.84 Å². The Labute approximate surface area is 109 Å². The number of hydrogen-bond donors (Lipinski definition) is 1. The average Bonchev–Trinajstić information content (AvgIpc) is 2.29. The highest BCUT2D eigenvalue weighted by Crippen LogP contribution is 2.28. The number of carboxylic acid groups (broad SMARTS) is 1. The summed E-state index contributed by atoms with van der Waals surface area (Å²) in [4.78, 5) is 10.8. The van der Waals surface area contributed by atoms with Gasteiger partial charge in [0.05, 0.1) is 12.0 Å². The largest absolute Gasteiger partial charge is 0.490 e. The van der Waals surface area contributed by atoms with Crippen molar-refractivity contribution < 1.29 is 14.6 Å². The van der Waals surface area contributed by atoms with Gasteiger partial charge in [-0.3, -0.25) is 4.79 Å². The summed E-state index contributed by atoms with van der Waals surface area (Å²) in [6.07, 6.45) is 3.23. The standard InChI is InChI=1S/C13H15BrO3/c14-10-2-1-3-12(8-10)17-11-6-4-9(5-7-11)13(15)16/h1-3,8-9,11H,4-7H2,(H,15,16)/t9-,11-. The first-order valence-corrected chi connectivity index (χ1v) is 6.59. The zero-order chi connectivity index (χ0) is 12.3. The van der Waals surface area contributed by atoms with Gasteiger partial charge in [0.1, 0.15) is 5.75 Å². The molecule has 4 heteroatoms. The van der Waals surface area contributed by atoms with E-state index in [0.717, 1.165) is 23.1 Å². The highest BCUT2D eigenvalue weighted by Gasteiger charge is 2.26. The van der Waals surface area contributed by atoms with Crippen molar-refractivity contribution in [2.45, 2.75) is 31.8 Å². The molecule has 92 valence electrons. The Kier molecular flexibility index (Phi) is 4.05. The fraction of sp³-hybridized carbons (Fsp3) is 0.462. The van der Waals surface area contributed by atoms with Crippen LogP contribution in [0.5, 0.6) is 5.75 Å². The molecule has 1 N–H and O–H groups in total. The van der Waals surface area contributed by atoms with Crippen LogP contribution < -0.4 is 4.74 Å². The van der Waals surface area contributed by atoms with E-state index in [9.17, 15) is 4.79 Å². The first kappa shape index (κ1) is 12.4. The van der Waals surface area contributed by atoms with Crippen molar-refractivity contribution in [1.29, 1.82) is 0 Å². The van der Waals surface area contributed by atoms with Gasteiger partial charge in [0, 0.05) is 4.47 Å². The lowest BCUT2D eigenvalue weighted by Crippen LogP contribution is -2.27. The number of aliphatic carboxylic acids is 1. The molecule has 0 atom stereocenters. The minimum atomic E-state index is -0.675. The fourth-order valence-corrected chi connectivity index (χ4v) is 2.54. The summed E-state index contributed by atoms with van der Waals surface area (Å²) in [5.41, 5.74) is 0. The molecule has 1 aliphatic carbocycles. The number of carbonyl (C=O) groups is 1. The third kappa shape index (κ3) is 3.46. The number of benzene rings is 1. The van der Waals surface area contributed by atoms with Crippen molar-refractivity contribution in [1.82, 2.24) is 0 Å². The molecule has 0 aliphatic heterocycles. The van der Waals surface area contributed by atoms with Crippen LogP contribution in [0, 0.1) is 5.92 Å². The molecule has 0 radical (unpaired) electrons. The zero-order valence-corrected chi connectivity index (χ0v) is 11.0. The van der Waals surface area contributed by atoms with Crippen molar-refractivity contribution in [3.8, 4) is 5.75 Å².